The molecule has 21 heavy (non-hydrogen) atoms. The maximum Gasteiger partial charge on any atom is 0.314 e. The molecule has 0 aromatic carbocycles. The number of nitrogens with one attached hydrogen (secondary N) is 3. The molecular weight excluding hydrogens is 298 g/mol. The molecule has 0 radical (unpaired) electrons. The van der Waals surface area contributed by atoms with E-state index in [0.29, 0.717) is 13.1 Å². The number of hydrogen-bond donors (Lipinski definition) is 4. The minimum absolute atomic E-state index is 0.00704. The first-order valence-electron chi connectivity index (χ1n) is 6.99. The van der Waals surface area contributed by atoms with Crippen molar-refractivity contribution in [1.29, 1.82) is 0 Å². The molecule has 9 heteroatoms. The van der Waals surface area contributed by atoms with Gasteiger partial charge < -0.3 is 15.7 Å². The van der Waals surface area contributed by atoms with E-state index >= 15 is 0 Å². The molecule has 0 aliphatic heterocycles. The van der Waals surface area contributed by atoms with Gasteiger partial charge in [-0.25, -0.2) is 17.9 Å². The van der Waals surface area contributed by atoms with Crippen LogP contribution in [0.2, 0.25) is 0 Å². The summed E-state index contributed by atoms with van der Waals surface area (Å²) in [5.74, 6) is -1.05. The van der Waals surface area contributed by atoms with Crippen LogP contribution >= 0.6 is 0 Å². The zero-order chi connectivity index (χ0) is 15.9. The van der Waals surface area contributed by atoms with Crippen LogP contribution in [-0.4, -0.2) is 50.9 Å². The van der Waals surface area contributed by atoms with Crippen molar-refractivity contribution in [2.45, 2.75) is 32.6 Å². The highest BCUT2D eigenvalue weighted by atomic mass is 32.2. The SMILES string of the molecule is CCNS(=O)(=O)CCNC(=O)NCC1(CC(=O)O)CCC1. The maximum absolute atomic E-state index is 11.6. The number of hydrogen-bond acceptors (Lipinski definition) is 4. The van der Waals surface area contributed by atoms with Crippen LogP contribution < -0.4 is 15.4 Å². The van der Waals surface area contributed by atoms with Gasteiger partial charge in [0.15, 0.2) is 0 Å². The second-order valence-electron chi connectivity index (χ2n) is 5.35. The van der Waals surface area contributed by atoms with Crippen molar-refractivity contribution >= 4 is 22.0 Å². The normalized spacial score (nSPS) is 16.8. The molecule has 0 aromatic rings. The Hall–Kier alpha value is -1.35. The predicted octanol–water partition coefficient (Wildman–Crippen LogP) is -0.130. The average Bonchev–Trinajstić information content (AvgIpc) is 2.31. The van der Waals surface area contributed by atoms with Crippen molar-refractivity contribution in [3.05, 3.63) is 0 Å². The number of aliphatic carboxylic acids is 1. The van der Waals surface area contributed by atoms with Crippen molar-refractivity contribution in [3.8, 4) is 0 Å². The van der Waals surface area contributed by atoms with Crippen LogP contribution in [0, 0.1) is 5.41 Å². The Morgan fingerprint density at radius 2 is 1.90 bits per heavy atom. The van der Waals surface area contributed by atoms with Gasteiger partial charge in [0.05, 0.1) is 12.2 Å². The Morgan fingerprint density at radius 1 is 1.24 bits per heavy atom. The van der Waals surface area contributed by atoms with E-state index in [0.717, 1.165) is 19.3 Å². The van der Waals surface area contributed by atoms with Crippen LogP contribution in [-0.2, 0) is 14.8 Å². The lowest BCUT2D eigenvalue weighted by atomic mass is 9.66. The van der Waals surface area contributed by atoms with Gasteiger partial charge in [-0.05, 0) is 18.3 Å². The molecule has 0 heterocycles. The second kappa shape index (κ2) is 7.60. The lowest BCUT2D eigenvalue weighted by Crippen LogP contribution is -2.47. The summed E-state index contributed by atoms with van der Waals surface area (Å²) in [6.45, 7) is 2.29. The summed E-state index contributed by atoms with van der Waals surface area (Å²) < 4.78 is 25.0. The number of amides is 2. The maximum atomic E-state index is 11.6. The fourth-order valence-corrected chi connectivity index (χ4v) is 3.29. The quantitative estimate of drug-likeness (QED) is 0.471. The molecule has 122 valence electrons. The van der Waals surface area contributed by atoms with Gasteiger partial charge in [-0.2, -0.15) is 0 Å². The molecular formula is C12H23N3O5S. The van der Waals surface area contributed by atoms with Crippen LogP contribution in [0.1, 0.15) is 32.6 Å². The molecule has 0 atom stereocenters. The standard InChI is InChI=1S/C12H23N3O5S/c1-2-15-21(19,20)7-6-13-11(18)14-9-12(4-3-5-12)8-10(16)17/h15H,2-9H2,1H3,(H,16,17)(H2,13,14,18). The van der Waals surface area contributed by atoms with E-state index in [1.165, 1.54) is 0 Å². The predicted molar refractivity (Wildman–Crippen MR) is 77.4 cm³/mol. The molecule has 4 N–H and O–H groups in total. The number of sulfonamides is 1. The van der Waals surface area contributed by atoms with Crippen LogP contribution in [0.5, 0.6) is 0 Å². The summed E-state index contributed by atoms with van der Waals surface area (Å²) in [5.41, 5.74) is -0.348. The third-order valence-electron chi connectivity index (χ3n) is 3.58. The van der Waals surface area contributed by atoms with E-state index < -0.39 is 22.0 Å². The summed E-state index contributed by atoms with van der Waals surface area (Å²) in [4.78, 5) is 22.4. The molecule has 0 spiro atoms. The first-order chi connectivity index (χ1) is 9.79. The van der Waals surface area contributed by atoms with Gasteiger partial charge in [-0.1, -0.05) is 13.3 Å². The zero-order valence-corrected chi connectivity index (χ0v) is 13.0. The van der Waals surface area contributed by atoms with Crippen molar-refractivity contribution < 1.29 is 23.1 Å². The second-order valence-corrected chi connectivity index (χ2v) is 7.28. The molecule has 1 aliphatic rings. The Morgan fingerprint density at radius 3 is 2.38 bits per heavy atom. The summed E-state index contributed by atoms with van der Waals surface area (Å²) in [7, 11) is -3.35. The van der Waals surface area contributed by atoms with Crippen LogP contribution in [0.3, 0.4) is 0 Å². The highest BCUT2D eigenvalue weighted by Gasteiger charge is 2.39. The molecule has 1 saturated carbocycles. The molecule has 0 unspecified atom stereocenters. The summed E-state index contributed by atoms with van der Waals surface area (Å²) >= 11 is 0. The van der Waals surface area contributed by atoms with Crippen LogP contribution in [0.4, 0.5) is 4.79 Å². The molecule has 2 amide bonds. The average molecular weight is 321 g/mol. The van der Waals surface area contributed by atoms with E-state index in [1.54, 1.807) is 6.92 Å². The van der Waals surface area contributed by atoms with E-state index in [-0.39, 0.29) is 24.1 Å². The van der Waals surface area contributed by atoms with Gasteiger partial charge >= 0.3 is 12.0 Å². The Labute approximate surface area is 124 Å². The Bertz CT molecular complexity index is 473. The lowest BCUT2D eigenvalue weighted by molar-refractivity contribution is -0.141. The van der Waals surface area contributed by atoms with E-state index in [1.807, 2.05) is 0 Å². The van der Waals surface area contributed by atoms with Gasteiger partial charge in [-0.15, -0.1) is 0 Å². The minimum atomic E-state index is -3.35. The molecule has 0 bridgehead atoms. The van der Waals surface area contributed by atoms with Gasteiger partial charge in [-0.3, -0.25) is 4.79 Å². The van der Waals surface area contributed by atoms with E-state index in [2.05, 4.69) is 15.4 Å². The molecule has 1 rings (SSSR count). The Balaban J connectivity index is 2.26. The Kier molecular flexibility index (Phi) is 6.41. The van der Waals surface area contributed by atoms with Crippen molar-refractivity contribution in [3.63, 3.8) is 0 Å². The number of carboxylic acid groups (broad SMARTS) is 1. The minimum Gasteiger partial charge on any atom is -0.481 e. The molecule has 0 saturated heterocycles. The number of carboxylic acids is 1. The number of carbonyl (C=O) groups excluding carboxylic acids is 1. The summed E-state index contributed by atoms with van der Waals surface area (Å²) in [6, 6.07) is -0.474. The zero-order valence-electron chi connectivity index (χ0n) is 12.1. The van der Waals surface area contributed by atoms with Crippen molar-refractivity contribution in [2.75, 3.05) is 25.4 Å². The first kappa shape index (κ1) is 17.7. The molecule has 1 aliphatic carbocycles. The third-order valence-corrected chi connectivity index (χ3v) is 5.06. The van der Waals surface area contributed by atoms with E-state index in [9.17, 15) is 18.0 Å². The largest absolute Gasteiger partial charge is 0.481 e. The van der Waals surface area contributed by atoms with Crippen molar-refractivity contribution in [1.82, 2.24) is 15.4 Å². The summed E-state index contributed by atoms with van der Waals surface area (Å²) in [5, 5.41) is 13.9. The highest BCUT2D eigenvalue weighted by molar-refractivity contribution is 7.89. The van der Waals surface area contributed by atoms with Gasteiger partial charge in [0.25, 0.3) is 0 Å². The first-order valence-corrected chi connectivity index (χ1v) is 8.65. The molecule has 1 fully saturated rings. The monoisotopic (exact) mass is 321 g/mol. The number of urea groups is 1. The fourth-order valence-electron chi connectivity index (χ4n) is 2.33. The summed E-state index contributed by atoms with van der Waals surface area (Å²) in [6.07, 6.45) is 2.59. The third kappa shape index (κ3) is 6.30. The smallest absolute Gasteiger partial charge is 0.314 e. The van der Waals surface area contributed by atoms with Gasteiger partial charge in [0.1, 0.15) is 0 Å². The van der Waals surface area contributed by atoms with Crippen molar-refractivity contribution in [2.24, 2.45) is 5.41 Å². The van der Waals surface area contributed by atoms with Crippen LogP contribution in [0.25, 0.3) is 0 Å². The molecule has 0 aromatic heterocycles. The number of carbonyl (C=O) groups is 2. The highest BCUT2D eigenvalue weighted by Crippen LogP contribution is 2.43. The molecule has 8 nitrogen and oxygen atoms in total. The van der Waals surface area contributed by atoms with E-state index in [4.69, 9.17) is 5.11 Å². The van der Waals surface area contributed by atoms with Gasteiger partial charge in [0.2, 0.25) is 10.0 Å². The van der Waals surface area contributed by atoms with Gasteiger partial charge in [0, 0.05) is 19.6 Å². The topological polar surface area (TPSA) is 125 Å². The van der Waals surface area contributed by atoms with Crippen LogP contribution in [0.15, 0.2) is 0 Å². The lowest BCUT2D eigenvalue weighted by Gasteiger charge is -2.40. The fraction of sp³-hybridized carbons (Fsp3) is 0.833. The number of rotatable bonds is 9.